The summed E-state index contributed by atoms with van der Waals surface area (Å²) < 4.78 is 15.4. The number of hydrogen-bond donors (Lipinski definition) is 1. The smallest absolute Gasteiger partial charge is 0.332 e. The fraction of sp³-hybridized carbons (Fsp3) is 0.421. The molecule has 1 unspecified atom stereocenters. The van der Waals surface area contributed by atoms with Crippen molar-refractivity contribution in [1.29, 1.82) is 0 Å². The van der Waals surface area contributed by atoms with Crippen molar-refractivity contribution < 1.29 is 14.3 Å². The van der Waals surface area contributed by atoms with Gasteiger partial charge in [-0.3, -0.25) is 18.7 Å². The molecule has 27 heavy (non-hydrogen) atoms. The van der Waals surface area contributed by atoms with Crippen LogP contribution in [0.25, 0.3) is 0 Å². The molecule has 0 saturated heterocycles. The molecule has 3 rings (SSSR count). The minimum atomic E-state index is -0.652. The predicted molar refractivity (Wildman–Crippen MR) is 96.1 cm³/mol. The third-order valence-corrected chi connectivity index (χ3v) is 4.65. The lowest BCUT2D eigenvalue weighted by molar-refractivity contribution is 0.0622. The van der Waals surface area contributed by atoms with E-state index in [4.69, 9.17) is 0 Å². The fourth-order valence-electron chi connectivity index (χ4n) is 3.36. The lowest BCUT2D eigenvalue weighted by Crippen LogP contribution is -2.52. The highest BCUT2D eigenvalue weighted by Crippen LogP contribution is 2.23. The number of aliphatic hydroxyl groups excluding tert-OH is 1. The van der Waals surface area contributed by atoms with Crippen LogP contribution in [0, 0.1) is 11.9 Å². The number of nitrogens with zero attached hydrogens (tertiary/aromatic N) is 3. The summed E-state index contributed by atoms with van der Waals surface area (Å²) in [6, 6.07) is 7.43. The molecule has 0 spiro atoms. The molecule has 2 aromatic rings. The Morgan fingerprint density at radius 2 is 1.89 bits per heavy atom. The van der Waals surface area contributed by atoms with Gasteiger partial charge in [0.05, 0.1) is 12.1 Å². The van der Waals surface area contributed by atoms with Crippen molar-refractivity contribution in [3.8, 4) is 0 Å². The zero-order valence-electron chi connectivity index (χ0n) is 15.2. The quantitative estimate of drug-likeness (QED) is 0.850. The second kappa shape index (κ2) is 7.48. The van der Waals surface area contributed by atoms with Crippen LogP contribution in [-0.2, 0) is 6.54 Å². The monoisotopic (exact) mass is 374 g/mol. The van der Waals surface area contributed by atoms with E-state index in [0.29, 0.717) is 0 Å². The van der Waals surface area contributed by atoms with Gasteiger partial charge in [0, 0.05) is 25.7 Å². The number of halogens is 1. The summed E-state index contributed by atoms with van der Waals surface area (Å²) in [7, 11) is 0. The van der Waals surface area contributed by atoms with Crippen LogP contribution in [0.15, 0.2) is 33.9 Å². The number of carbonyl (C=O) groups is 1. The van der Waals surface area contributed by atoms with E-state index in [0.717, 1.165) is 10.1 Å². The van der Waals surface area contributed by atoms with Crippen molar-refractivity contribution >= 4 is 5.91 Å². The molecule has 1 radical (unpaired) electrons. The van der Waals surface area contributed by atoms with Gasteiger partial charge >= 0.3 is 5.69 Å². The highest BCUT2D eigenvalue weighted by Gasteiger charge is 2.33. The van der Waals surface area contributed by atoms with Crippen molar-refractivity contribution in [2.45, 2.75) is 38.9 Å². The number of aliphatic hydroxyl groups is 1. The van der Waals surface area contributed by atoms with Crippen molar-refractivity contribution in [1.82, 2.24) is 14.0 Å². The number of benzene rings is 1. The Morgan fingerprint density at radius 3 is 2.48 bits per heavy atom. The molecule has 0 bridgehead atoms. The molecule has 1 amide bonds. The first-order chi connectivity index (χ1) is 12.8. The maximum atomic E-state index is 13.1. The van der Waals surface area contributed by atoms with Gasteiger partial charge in [-0.05, 0) is 38.0 Å². The average Bonchev–Trinajstić information content (AvgIpc) is 2.60. The zero-order valence-corrected chi connectivity index (χ0v) is 15.2. The molecule has 143 valence electrons. The lowest BCUT2D eigenvalue weighted by Gasteiger charge is -2.35. The van der Waals surface area contributed by atoms with E-state index in [1.54, 1.807) is 26.0 Å². The topological polar surface area (TPSA) is 84.5 Å². The molecule has 1 atom stereocenters. The Bertz CT molecular complexity index is 962. The molecule has 1 aliphatic heterocycles. The van der Waals surface area contributed by atoms with Crippen LogP contribution < -0.4 is 11.2 Å². The van der Waals surface area contributed by atoms with Crippen LogP contribution in [-0.4, -0.2) is 38.2 Å². The molecule has 0 aliphatic carbocycles. The largest absolute Gasteiger partial charge is 0.396 e. The summed E-state index contributed by atoms with van der Waals surface area (Å²) in [5, 5.41) is 9.40. The van der Waals surface area contributed by atoms with Crippen LogP contribution >= 0.6 is 0 Å². The summed E-state index contributed by atoms with van der Waals surface area (Å²) in [6.07, 6.45) is 0.254. The molecule has 7 nitrogen and oxygen atoms in total. The number of hydrogen-bond acceptors (Lipinski definition) is 4. The van der Waals surface area contributed by atoms with Gasteiger partial charge in [0.2, 0.25) is 0 Å². The molecule has 1 N–H and O–H groups in total. The maximum Gasteiger partial charge on any atom is 0.332 e. The van der Waals surface area contributed by atoms with Gasteiger partial charge in [0.1, 0.15) is 11.5 Å². The van der Waals surface area contributed by atoms with Crippen LogP contribution in [0.2, 0.25) is 0 Å². The van der Waals surface area contributed by atoms with E-state index in [-0.39, 0.29) is 43.7 Å². The van der Waals surface area contributed by atoms with Gasteiger partial charge in [0.15, 0.2) is 0 Å². The normalized spacial score (nSPS) is 16.7. The van der Waals surface area contributed by atoms with Gasteiger partial charge in [-0.1, -0.05) is 12.1 Å². The minimum Gasteiger partial charge on any atom is -0.396 e. The molecule has 1 aliphatic rings. The minimum absolute atomic E-state index is 0.103. The van der Waals surface area contributed by atoms with Crippen LogP contribution in [0.4, 0.5) is 4.39 Å². The Morgan fingerprint density at radius 1 is 1.22 bits per heavy atom. The van der Waals surface area contributed by atoms with Crippen LogP contribution in [0.5, 0.6) is 0 Å². The molecular weight excluding hydrogens is 353 g/mol. The van der Waals surface area contributed by atoms with E-state index >= 15 is 0 Å². The SMILES string of the molecule is CC(C)n1c(=O)[c]c2n(c1=O)C(CCO)CN(Cc1ccc(F)cc1)C2=O. The van der Waals surface area contributed by atoms with Crippen LogP contribution in [0.3, 0.4) is 0 Å². The van der Waals surface area contributed by atoms with E-state index in [1.165, 1.54) is 21.6 Å². The third-order valence-electron chi connectivity index (χ3n) is 4.65. The summed E-state index contributed by atoms with van der Waals surface area (Å²) in [6.45, 7) is 3.65. The van der Waals surface area contributed by atoms with Gasteiger partial charge in [0.25, 0.3) is 11.5 Å². The number of fused-ring (bicyclic) bond motifs is 1. The summed E-state index contributed by atoms with van der Waals surface area (Å²) in [4.78, 5) is 39.5. The van der Waals surface area contributed by atoms with E-state index in [2.05, 4.69) is 6.07 Å². The third kappa shape index (κ3) is 3.57. The number of aromatic nitrogens is 2. The Hall–Kier alpha value is -2.74. The Balaban J connectivity index is 2.06. The maximum absolute atomic E-state index is 13.1. The second-order valence-corrected chi connectivity index (χ2v) is 6.87. The number of carbonyl (C=O) groups excluding carboxylic acids is 1. The summed E-state index contributed by atoms with van der Waals surface area (Å²) >= 11 is 0. The van der Waals surface area contributed by atoms with E-state index in [1.807, 2.05) is 0 Å². The number of amides is 1. The lowest BCUT2D eigenvalue weighted by atomic mass is 10.1. The first kappa shape index (κ1) is 19.0. The fourth-order valence-corrected chi connectivity index (χ4v) is 3.36. The predicted octanol–water partition coefficient (Wildman–Crippen LogP) is 1.11. The van der Waals surface area contributed by atoms with Gasteiger partial charge in [-0.2, -0.15) is 0 Å². The zero-order chi connectivity index (χ0) is 19.7. The second-order valence-electron chi connectivity index (χ2n) is 6.87. The van der Waals surface area contributed by atoms with Gasteiger partial charge < -0.3 is 10.0 Å². The number of rotatable bonds is 5. The molecule has 8 heteroatoms. The van der Waals surface area contributed by atoms with Crippen LogP contribution in [0.1, 0.15) is 48.4 Å². The first-order valence-electron chi connectivity index (χ1n) is 8.78. The molecule has 0 saturated carbocycles. The van der Waals surface area contributed by atoms with Crippen molar-refractivity contribution in [2.75, 3.05) is 13.2 Å². The molecule has 1 aromatic carbocycles. The highest BCUT2D eigenvalue weighted by atomic mass is 19.1. The standard InChI is InChI=1S/C19H21FN3O4/c1-12(2)22-17(25)9-16-18(26)21(10-13-3-5-14(20)6-4-13)11-15(7-8-24)23(16)19(22)27/h3-6,12,15,24H,7-8,10-11H2,1-2H3. The van der Waals surface area contributed by atoms with Crippen molar-refractivity contribution in [3.63, 3.8) is 0 Å². The summed E-state index contributed by atoms with van der Waals surface area (Å²) in [5.74, 6) is -0.861. The highest BCUT2D eigenvalue weighted by molar-refractivity contribution is 5.93. The van der Waals surface area contributed by atoms with E-state index in [9.17, 15) is 23.9 Å². The van der Waals surface area contributed by atoms with Gasteiger partial charge in [-0.15, -0.1) is 0 Å². The molecule has 0 fully saturated rings. The summed E-state index contributed by atoms with van der Waals surface area (Å²) in [5.41, 5.74) is -0.606. The van der Waals surface area contributed by atoms with Gasteiger partial charge in [-0.25, -0.2) is 9.18 Å². The average molecular weight is 374 g/mol. The van der Waals surface area contributed by atoms with Crippen molar-refractivity contribution in [3.05, 3.63) is 68.2 Å². The van der Waals surface area contributed by atoms with E-state index < -0.39 is 23.2 Å². The van der Waals surface area contributed by atoms with Crippen molar-refractivity contribution in [2.24, 2.45) is 0 Å². The Labute approximate surface area is 155 Å². The molecule has 1 aromatic heterocycles. The Kier molecular flexibility index (Phi) is 5.27. The molecule has 2 heterocycles. The first-order valence-corrected chi connectivity index (χ1v) is 8.78. The molecular formula is C19H21FN3O4.